The molecule has 0 fully saturated rings. The summed E-state index contributed by atoms with van der Waals surface area (Å²) in [6.45, 7) is 2.63. The third-order valence-electron chi connectivity index (χ3n) is 3.52. The van der Waals surface area contributed by atoms with E-state index in [-0.39, 0.29) is 5.91 Å². The fourth-order valence-electron chi connectivity index (χ4n) is 2.17. The van der Waals surface area contributed by atoms with Crippen molar-refractivity contribution in [2.24, 2.45) is 7.05 Å². The first-order chi connectivity index (χ1) is 11.6. The van der Waals surface area contributed by atoms with Gasteiger partial charge in [-0.25, -0.2) is 0 Å². The molecule has 3 aromatic rings. The third-order valence-corrected chi connectivity index (χ3v) is 5.41. The Morgan fingerprint density at radius 3 is 2.75 bits per heavy atom. The minimum atomic E-state index is -0.00622. The van der Waals surface area contributed by atoms with Gasteiger partial charge in [-0.1, -0.05) is 47.7 Å². The molecule has 0 atom stereocenters. The zero-order chi connectivity index (χ0) is 16.9. The number of hydrogen-bond acceptors (Lipinski definition) is 5. The zero-order valence-electron chi connectivity index (χ0n) is 13.5. The first kappa shape index (κ1) is 16.7. The number of thioether (sulfide) groups is 1. The molecule has 24 heavy (non-hydrogen) atoms. The van der Waals surface area contributed by atoms with Crippen LogP contribution in [0, 0.1) is 6.92 Å². The van der Waals surface area contributed by atoms with Crippen LogP contribution in [0.5, 0.6) is 0 Å². The summed E-state index contributed by atoms with van der Waals surface area (Å²) in [7, 11) is 1.92. The zero-order valence-corrected chi connectivity index (χ0v) is 15.2. The lowest BCUT2D eigenvalue weighted by Crippen LogP contribution is -2.24. The maximum atomic E-state index is 12.0. The van der Waals surface area contributed by atoms with Crippen LogP contribution in [-0.2, 0) is 18.4 Å². The summed E-state index contributed by atoms with van der Waals surface area (Å²) in [6.07, 6.45) is 0. The van der Waals surface area contributed by atoms with Gasteiger partial charge in [0.1, 0.15) is 0 Å². The summed E-state index contributed by atoms with van der Waals surface area (Å²) in [5.74, 6) is 1.12. The molecule has 1 N–H and O–H groups in total. The normalized spacial score (nSPS) is 10.8. The van der Waals surface area contributed by atoms with Crippen molar-refractivity contribution < 1.29 is 4.79 Å². The number of amides is 1. The van der Waals surface area contributed by atoms with Gasteiger partial charge >= 0.3 is 0 Å². The standard InChI is InChI=1S/C17H18N4OS2/c1-12-5-7-13(8-6-12)16-19-20-17(21(16)2)24-11-15(22)18-10-14-4-3-9-23-14/h3-9H,10-11H2,1-2H3,(H,18,22). The van der Waals surface area contributed by atoms with Crippen LogP contribution >= 0.6 is 23.1 Å². The minimum absolute atomic E-state index is 0.00622. The monoisotopic (exact) mass is 358 g/mol. The van der Waals surface area contributed by atoms with E-state index in [1.54, 1.807) is 11.3 Å². The van der Waals surface area contributed by atoms with Gasteiger partial charge in [-0.15, -0.1) is 21.5 Å². The van der Waals surface area contributed by atoms with Crippen LogP contribution in [0.1, 0.15) is 10.4 Å². The van der Waals surface area contributed by atoms with E-state index in [0.29, 0.717) is 12.3 Å². The number of thiophene rings is 1. The first-order valence-corrected chi connectivity index (χ1v) is 9.38. The average Bonchev–Trinajstić information content (AvgIpc) is 3.22. The highest BCUT2D eigenvalue weighted by molar-refractivity contribution is 7.99. The van der Waals surface area contributed by atoms with Crippen molar-refractivity contribution in [2.75, 3.05) is 5.75 Å². The van der Waals surface area contributed by atoms with Gasteiger partial charge in [0.05, 0.1) is 12.3 Å². The number of carbonyl (C=O) groups is 1. The minimum Gasteiger partial charge on any atom is -0.350 e. The van der Waals surface area contributed by atoms with E-state index in [9.17, 15) is 4.79 Å². The van der Waals surface area contributed by atoms with Crippen LogP contribution in [0.4, 0.5) is 0 Å². The molecule has 3 rings (SSSR count). The molecule has 124 valence electrons. The summed E-state index contributed by atoms with van der Waals surface area (Å²) < 4.78 is 1.92. The molecule has 2 aromatic heterocycles. The Hall–Kier alpha value is -2.12. The predicted molar refractivity (Wildman–Crippen MR) is 98.1 cm³/mol. The lowest BCUT2D eigenvalue weighted by molar-refractivity contribution is -0.118. The number of rotatable bonds is 6. The first-order valence-electron chi connectivity index (χ1n) is 7.52. The molecule has 2 heterocycles. The Balaban J connectivity index is 1.58. The van der Waals surface area contributed by atoms with Crippen molar-refractivity contribution in [1.29, 1.82) is 0 Å². The number of benzene rings is 1. The topological polar surface area (TPSA) is 59.8 Å². The quantitative estimate of drug-likeness (QED) is 0.687. The highest BCUT2D eigenvalue weighted by atomic mass is 32.2. The summed E-state index contributed by atoms with van der Waals surface area (Å²) in [4.78, 5) is 13.1. The molecule has 0 aliphatic carbocycles. The van der Waals surface area contributed by atoms with Crippen molar-refractivity contribution in [3.8, 4) is 11.4 Å². The van der Waals surface area contributed by atoms with Crippen molar-refractivity contribution in [3.05, 3.63) is 52.2 Å². The van der Waals surface area contributed by atoms with Crippen LogP contribution < -0.4 is 5.32 Å². The van der Waals surface area contributed by atoms with Crippen molar-refractivity contribution in [1.82, 2.24) is 20.1 Å². The lowest BCUT2D eigenvalue weighted by Gasteiger charge is -2.05. The summed E-state index contributed by atoms with van der Waals surface area (Å²) >= 11 is 3.03. The van der Waals surface area contributed by atoms with Crippen LogP contribution in [-0.4, -0.2) is 26.4 Å². The van der Waals surface area contributed by atoms with Crippen molar-refractivity contribution >= 4 is 29.0 Å². The predicted octanol–water partition coefficient (Wildman–Crippen LogP) is 3.26. The molecule has 1 amide bonds. The number of hydrogen-bond donors (Lipinski definition) is 1. The molecule has 5 nitrogen and oxygen atoms in total. The maximum absolute atomic E-state index is 12.0. The Labute approximate surface area is 149 Å². The summed E-state index contributed by atoms with van der Waals surface area (Å²) in [5.41, 5.74) is 2.22. The molecule has 0 aliphatic rings. The van der Waals surface area contributed by atoms with Crippen LogP contribution in [0.2, 0.25) is 0 Å². The second-order valence-electron chi connectivity index (χ2n) is 5.38. The second-order valence-corrected chi connectivity index (χ2v) is 7.35. The highest BCUT2D eigenvalue weighted by Gasteiger charge is 2.12. The molecule has 0 bridgehead atoms. The van der Waals surface area contributed by atoms with E-state index in [1.165, 1.54) is 17.3 Å². The average molecular weight is 358 g/mol. The van der Waals surface area contributed by atoms with Crippen LogP contribution in [0.25, 0.3) is 11.4 Å². The molecule has 0 radical (unpaired) electrons. The molecule has 7 heteroatoms. The van der Waals surface area contributed by atoms with Gasteiger partial charge < -0.3 is 9.88 Å². The van der Waals surface area contributed by atoms with Gasteiger partial charge in [-0.3, -0.25) is 4.79 Å². The molecular formula is C17H18N4OS2. The van der Waals surface area contributed by atoms with Gasteiger partial charge in [0.25, 0.3) is 0 Å². The van der Waals surface area contributed by atoms with E-state index in [1.807, 2.05) is 41.3 Å². The van der Waals surface area contributed by atoms with E-state index in [0.717, 1.165) is 21.4 Å². The maximum Gasteiger partial charge on any atom is 0.230 e. The number of aryl methyl sites for hydroxylation is 1. The van der Waals surface area contributed by atoms with Crippen molar-refractivity contribution in [2.45, 2.75) is 18.6 Å². The van der Waals surface area contributed by atoms with Gasteiger partial charge in [-0.2, -0.15) is 0 Å². The largest absolute Gasteiger partial charge is 0.350 e. The molecule has 1 aromatic carbocycles. The van der Waals surface area contributed by atoms with Gasteiger partial charge in [0, 0.05) is 17.5 Å². The number of nitrogens with zero attached hydrogens (tertiary/aromatic N) is 3. The Bertz CT molecular complexity index is 810. The summed E-state index contributed by atoms with van der Waals surface area (Å²) in [5, 5.41) is 14.1. The molecule has 0 aliphatic heterocycles. The van der Waals surface area contributed by atoms with E-state index in [4.69, 9.17) is 0 Å². The molecule has 0 saturated carbocycles. The van der Waals surface area contributed by atoms with E-state index >= 15 is 0 Å². The SMILES string of the molecule is Cc1ccc(-c2nnc(SCC(=O)NCc3cccs3)n2C)cc1. The van der Waals surface area contributed by atoms with Gasteiger partial charge in [-0.05, 0) is 18.4 Å². The Morgan fingerprint density at radius 2 is 2.04 bits per heavy atom. The number of carbonyl (C=O) groups excluding carboxylic acids is 1. The van der Waals surface area contributed by atoms with E-state index in [2.05, 4.69) is 34.6 Å². The van der Waals surface area contributed by atoms with E-state index < -0.39 is 0 Å². The fraction of sp³-hybridized carbons (Fsp3) is 0.235. The third kappa shape index (κ3) is 4.04. The van der Waals surface area contributed by atoms with Crippen LogP contribution in [0.15, 0.2) is 46.9 Å². The Morgan fingerprint density at radius 1 is 1.25 bits per heavy atom. The molecular weight excluding hydrogens is 340 g/mol. The highest BCUT2D eigenvalue weighted by Crippen LogP contribution is 2.22. The lowest BCUT2D eigenvalue weighted by atomic mass is 10.1. The Kier molecular flexibility index (Phi) is 5.32. The number of nitrogens with one attached hydrogen (secondary N) is 1. The molecule has 0 spiro atoms. The van der Waals surface area contributed by atoms with Gasteiger partial charge in [0.15, 0.2) is 11.0 Å². The molecule has 0 unspecified atom stereocenters. The number of aromatic nitrogens is 3. The van der Waals surface area contributed by atoms with Gasteiger partial charge in [0.2, 0.25) is 5.91 Å². The second kappa shape index (κ2) is 7.63. The summed E-state index contributed by atoms with van der Waals surface area (Å²) in [6, 6.07) is 12.1. The fourth-order valence-corrected chi connectivity index (χ4v) is 3.56. The van der Waals surface area contributed by atoms with Crippen molar-refractivity contribution in [3.63, 3.8) is 0 Å². The smallest absolute Gasteiger partial charge is 0.230 e. The van der Waals surface area contributed by atoms with Crippen LogP contribution in [0.3, 0.4) is 0 Å². The molecule has 0 saturated heterocycles.